The standard InChI is InChI=1S/C18H21ClN4.HI/c19-15-9-10-17(20-13-15)14-21-18(23-11-5-2-6-12-23)22-16-7-3-1-4-8-16;/h1,3-4,7-10,13H,2,5-6,11-12,14H2,(H,21,22);1H. The topological polar surface area (TPSA) is 40.5 Å². The lowest BCUT2D eigenvalue weighted by molar-refractivity contribution is 0.340. The number of likely N-dealkylation sites (tertiary alicyclic amines) is 1. The minimum absolute atomic E-state index is 0. The molecule has 0 atom stereocenters. The summed E-state index contributed by atoms with van der Waals surface area (Å²) in [5, 5.41) is 4.10. The fourth-order valence-corrected chi connectivity index (χ4v) is 2.74. The number of nitrogens with one attached hydrogen (secondary N) is 1. The number of nitrogens with zero attached hydrogens (tertiary/aromatic N) is 3. The number of hydrogen-bond donors (Lipinski definition) is 1. The summed E-state index contributed by atoms with van der Waals surface area (Å²) in [6.07, 6.45) is 5.40. The van der Waals surface area contributed by atoms with Gasteiger partial charge in [0.25, 0.3) is 0 Å². The zero-order valence-corrected chi connectivity index (χ0v) is 16.6. The lowest BCUT2D eigenvalue weighted by Crippen LogP contribution is -2.40. The summed E-state index contributed by atoms with van der Waals surface area (Å²) >= 11 is 5.88. The number of anilines is 1. The quantitative estimate of drug-likeness (QED) is 0.409. The zero-order chi connectivity index (χ0) is 15.9. The van der Waals surface area contributed by atoms with Gasteiger partial charge in [0.2, 0.25) is 0 Å². The summed E-state index contributed by atoms with van der Waals surface area (Å²) in [4.78, 5) is 11.4. The predicted molar refractivity (Wildman–Crippen MR) is 111 cm³/mol. The first-order valence-electron chi connectivity index (χ1n) is 8.03. The lowest BCUT2D eigenvalue weighted by Gasteiger charge is -2.30. The Hall–Kier alpha value is -1.34. The highest BCUT2D eigenvalue weighted by molar-refractivity contribution is 14.0. The van der Waals surface area contributed by atoms with Crippen LogP contribution in [-0.2, 0) is 6.54 Å². The van der Waals surface area contributed by atoms with Crippen LogP contribution in [0.3, 0.4) is 0 Å². The van der Waals surface area contributed by atoms with E-state index >= 15 is 0 Å². The number of rotatable bonds is 3. The summed E-state index contributed by atoms with van der Waals surface area (Å²) < 4.78 is 0. The van der Waals surface area contributed by atoms with Crippen molar-refractivity contribution in [2.24, 2.45) is 4.99 Å². The van der Waals surface area contributed by atoms with E-state index < -0.39 is 0 Å². The monoisotopic (exact) mass is 456 g/mol. The molecule has 4 nitrogen and oxygen atoms in total. The van der Waals surface area contributed by atoms with Crippen LogP contribution in [0.25, 0.3) is 0 Å². The highest BCUT2D eigenvalue weighted by Gasteiger charge is 2.15. The zero-order valence-electron chi connectivity index (χ0n) is 13.5. The van der Waals surface area contributed by atoms with E-state index in [1.54, 1.807) is 6.20 Å². The number of hydrogen-bond acceptors (Lipinski definition) is 2. The second-order valence-corrected chi connectivity index (χ2v) is 6.08. The van der Waals surface area contributed by atoms with Gasteiger partial charge in [0.1, 0.15) is 0 Å². The van der Waals surface area contributed by atoms with E-state index in [2.05, 4.69) is 27.3 Å². The fraction of sp³-hybridized carbons (Fsp3) is 0.333. The molecule has 1 aliphatic rings. The molecule has 1 saturated heterocycles. The Morgan fingerprint density at radius 3 is 2.50 bits per heavy atom. The van der Waals surface area contributed by atoms with Gasteiger partial charge in [0.15, 0.2) is 5.96 Å². The van der Waals surface area contributed by atoms with Gasteiger partial charge in [-0.25, -0.2) is 4.99 Å². The molecule has 0 spiro atoms. The fourth-order valence-electron chi connectivity index (χ4n) is 2.63. The van der Waals surface area contributed by atoms with Crippen molar-refractivity contribution in [3.05, 3.63) is 59.4 Å². The average molecular weight is 457 g/mol. The molecule has 0 saturated carbocycles. The Morgan fingerprint density at radius 1 is 1.08 bits per heavy atom. The van der Waals surface area contributed by atoms with Crippen LogP contribution in [0.5, 0.6) is 0 Å². The van der Waals surface area contributed by atoms with Gasteiger partial charge in [-0.15, -0.1) is 24.0 Å². The van der Waals surface area contributed by atoms with E-state index in [1.807, 2.05) is 30.3 Å². The molecular formula is C18H22ClIN4. The number of piperidine rings is 1. The Bertz CT molecular complexity index is 640. The average Bonchev–Trinajstić information content (AvgIpc) is 2.61. The molecule has 2 heterocycles. The first-order valence-corrected chi connectivity index (χ1v) is 8.41. The van der Waals surface area contributed by atoms with Crippen molar-refractivity contribution in [1.82, 2.24) is 9.88 Å². The van der Waals surface area contributed by atoms with Crippen molar-refractivity contribution in [1.29, 1.82) is 0 Å². The molecule has 0 bridgehead atoms. The first kappa shape index (κ1) is 19.0. The van der Waals surface area contributed by atoms with Gasteiger partial charge in [0, 0.05) is 25.0 Å². The van der Waals surface area contributed by atoms with Crippen LogP contribution in [0.4, 0.5) is 5.69 Å². The molecular weight excluding hydrogens is 435 g/mol. The van der Waals surface area contributed by atoms with Crippen molar-refractivity contribution >= 4 is 47.2 Å². The third kappa shape index (κ3) is 5.63. The van der Waals surface area contributed by atoms with E-state index in [-0.39, 0.29) is 24.0 Å². The number of para-hydroxylation sites is 1. The molecule has 6 heteroatoms. The smallest absolute Gasteiger partial charge is 0.198 e. The summed E-state index contributed by atoms with van der Waals surface area (Å²) in [6, 6.07) is 13.9. The second-order valence-electron chi connectivity index (χ2n) is 5.65. The van der Waals surface area contributed by atoms with Gasteiger partial charge in [-0.1, -0.05) is 29.8 Å². The molecule has 1 fully saturated rings. The van der Waals surface area contributed by atoms with Crippen LogP contribution in [0.1, 0.15) is 25.0 Å². The van der Waals surface area contributed by atoms with E-state index in [4.69, 9.17) is 16.6 Å². The number of guanidine groups is 1. The van der Waals surface area contributed by atoms with Crippen LogP contribution >= 0.6 is 35.6 Å². The van der Waals surface area contributed by atoms with Crippen LogP contribution < -0.4 is 5.32 Å². The third-order valence-corrected chi connectivity index (χ3v) is 4.09. The lowest BCUT2D eigenvalue weighted by atomic mass is 10.1. The van der Waals surface area contributed by atoms with E-state index in [1.165, 1.54) is 19.3 Å². The van der Waals surface area contributed by atoms with Gasteiger partial charge in [0.05, 0.1) is 17.3 Å². The van der Waals surface area contributed by atoms with Crippen molar-refractivity contribution in [2.45, 2.75) is 25.8 Å². The number of benzene rings is 1. The molecule has 1 aromatic carbocycles. The van der Waals surface area contributed by atoms with Crippen LogP contribution in [0.15, 0.2) is 53.7 Å². The Labute approximate surface area is 165 Å². The molecule has 24 heavy (non-hydrogen) atoms. The van der Waals surface area contributed by atoms with Crippen molar-refractivity contribution in [3.8, 4) is 0 Å². The highest BCUT2D eigenvalue weighted by Crippen LogP contribution is 2.13. The SMILES string of the molecule is Clc1ccc(CN=C(Nc2ccccc2)N2CCCCC2)nc1.I. The maximum atomic E-state index is 5.88. The number of aromatic nitrogens is 1. The maximum absolute atomic E-state index is 5.88. The predicted octanol–water partition coefficient (Wildman–Crippen LogP) is 4.81. The molecule has 0 aliphatic carbocycles. The minimum atomic E-state index is 0. The largest absolute Gasteiger partial charge is 0.343 e. The maximum Gasteiger partial charge on any atom is 0.198 e. The second kappa shape index (κ2) is 9.84. The Morgan fingerprint density at radius 2 is 1.83 bits per heavy atom. The molecule has 2 aromatic rings. The molecule has 1 N–H and O–H groups in total. The highest BCUT2D eigenvalue weighted by atomic mass is 127. The van der Waals surface area contributed by atoms with Gasteiger partial charge >= 0.3 is 0 Å². The number of halogens is 2. The number of pyridine rings is 1. The molecule has 3 rings (SSSR count). The van der Waals surface area contributed by atoms with E-state index in [0.29, 0.717) is 11.6 Å². The van der Waals surface area contributed by atoms with Crippen molar-refractivity contribution < 1.29 is 0 Å². The summed E-state index contributed by atoms with van der Waals surface area (Å²) in [7, 11) is 0. The summed E-state index contributed by atoms with van der Waals surface area (Å²) in [5.74, 6) is 0.924. The molecule has 0 radical (unpaired) electrons. The van der Waals surface area contributed by atoms with Gasteiger partial charge < -0.3 is 10.2 Å². The van der Waals surface area contributed by atoms with E-state index in [0.717, 1.165) is 30.4 Å². The normalized spacial score (nSPS) is 14.9. The molecule has 128 valence electrons. The van der Waals surface area contributed by atoms with Crippen LogP contribution in [-0.4, -0.2) is 28.9 Å². The first-order chi connectivity index (χ1) is 11.3. The Kier molecular flexibility index (Phi) is 7.78. The third-order valence-electron chi connectivity index (χ3n) is 3.86. The Balaban J connectivity index is 0.00000208. The van der Waals surface area contributed by atoms with Crippen molar-refractivity contribution in [2.75, 3.05) is 18.4 Å². The molecule has 1 aliphatic heterocycles. The van der Waals surface area contributed by atoms with E-state index in [9.17, 15) is 0 Å². The molecule has 0 unspecified atom stereocenters. The molecule has 1 aromatic heterocycles. The summed E-state index contributed by atoms with van der Waals surface area (Å²) in [6.45, 7) is 2.64. The molecule has 0 amide bonds. The van der Waals surface area contributed by atoms with Crippen LogP contribution in [0, 0.1) is 0 Å². The minimum Gasteiger partial charge on any atom is -0.343 e. The van der Waals surface area contributed by atoms with Crippen LogP contribution in [0.2, 0.25) is 5.02 Å². The van der Waals surface area contributed by atoms with Gasteiger partial charge in [-0.3, -0.25) is 4.98 Å². The summed E-state index contributed by atoms with van der Waals surface area (Å²) in [5.41, 5.74) is 1.97. The van der Waals surface area contributed by atoms with Gasteiger partial charge in [-0.2, -0.15) is 0 Å². The number of aliphatic imine (C=N–C) groups is 1. The van der Waals surface area contributed by atoms with Gasteiger partial charge in [-0.05, 0) is 43.5 Å². The van der Waals surface area contributed by atoms with Crippen molar-refractivity contribution in [3.63, 3.8) is 0 Å².